The maximum atomic E-state index is 13.7. The Kier molecular flexibility index (Phi) is 18.3. The summed E-state index contributed by atoms with van der Waals surface area (Å²) < 4.78 is 12.5. The molecule has 2 heterocycles. The number of aromatic nitrogens is 2. The molecule has 8 nitrogen and oxygen atoms in total. The van der Waals surface area contributed by atoms with Crippen LogP contribution in [0, 0.1) is 6.92 Å². The third-order valence-electron chi connectivity index (χ3n) is 8.12. The highest BCUT2D eigenvalue weighted by Crippen LogP contribution is 2.29. The number of benzene rings is 2. The fourth-order valence-electron chi connectivity index (χ4n) is 5.44. The molecule has 3 aromatic rings. The Hall–Kier alpha value is -4.69. The van der Waals surface area contributed by atoms with Gasteiger partial charge in [-0.2, -0.15) is 0 Å². The van der Waals surface area contributed by atoms with Crippen LogP contribution in [0.25, 0.3) is 0 Å². The molecular formula is C42H58N4O4. The molecule has 270 valence electrons. The summed E-state index contributed by atoms with van der Waals surface area (Å²) >= 11 is 0. The van der Waals surface area contributed by atoms with Gasteiger partial charge in [-0.05, 0) is 87.8 Å². The van der Waals surface area contributed by atoms with Crippen LogP contribution in [0.1, 0.15) is 94.4 Å². The lowest BCUT2D eigenvalue weighted by atomic mass is 9.96. The zero-order valence-electron chi connectivity index (χ0n) is 31.4. The number of piperidine rings is 1. The standard InChI is InChI=1S/C38H48N4O4.C2H6.C2H4/c1-27(2)46-38(44)39-24-34-13-11-31(12-14-34)22-32-15-17-35(18-16-32)30(5)42-20-7-8-36(37(42)43)23-33(19-21-45-6)10-9-29(4)41-25-28(3)40-26-41;2*1-2/h9-19,23,25-27,29-30H,7-8,20-22,24H2,1-6H3,(H,39,44);1-2H3;1-2H2/b10-9-,33-19+,36-23+;;. The molecule has 0 spiro atoms. The van der Waals surface area contributed by atoms with Crippen molar-refractivity contribution in [1.82, 2.24) is 19.8 Å². The van der Waals surface area contributed by atoms with Crippen LogP contribution in [-0.4, -0.2) is 52.8 Å². The van der Waals surface area contributed by atoms with Gasteiger partial charge in [0.05, 0.1) is 36.8 Å². The molecule has 1 N–H and O–H groups in total. The SMILES string of the molecule is C=C.CC.COC/C=C(\C=C/C(C)n1cnc(C)c1)/C=C1\CCCN(C(C)c2ccc(Cc3ccc(CNC(=O)OC(C)C)cc3)cc2)C1=O. The molecule has 0 aliphatic carbocycles. The van der Waals surface area contributed by atoms with Gasteiger partial charge in [0.1, 0.15) is 0 Å². The first-order valence-electron chi connectivity index (χ1n) is 17.6. The predicted molar refractivity (Wildman–Crippen MR) is 205 cm³/mol. The minimum atomic E-state index is -0.407. The first-order valence-corrected chi connectivity index (χ1v) is 17.6. The van der Waals surface area contributed by atoms with Crippen molar-refractivity contribution in [3.63, 3.8) is 0 Å². The number of carbonyl (C=O) groups is 2. The molecular weight excluding hydrogens is 624 g/mol. The van der Waals surface area contributed by atoms with Gasteiger partial charge in [0.25, 0.3) is 0 Å². The topological polar surface area (TPSA) is 85.7 Å². The van der Waals surface area contributed by atoms with Crippen molar-refractivity contribution in [1.29, 1.82) is 0 Å². The molecule has 0 saturated carbocycles. The lowest BCUT2D eigenvalue weighted by molar-refractivity contribution is -0.130. The number of ether oxygens (including phenoxy) is 2. The van der Waals surface area contributed by atoms with Gasteiger partial charge in [0, 0.05) is 32.0 Å². The fourth-order valence-corrected chi connectivity index (χ4v) is 5.44. The third-order valence-corrected chi connectivity index (χ3v) is 8.12. The third kappa shape index (κ3) is 13.3. The number of allylic oxidation sites excluding steroid dienone is 4. The van der Waals surface area contributed by atoms with Crippen molar-refractivity contribution in [2.45, 2.75) is 92.5 Å². The number of hydrogen-bond donors (Lipinski definition) is 1. The van der Waals surface area contributed by atoms with Crippen LogP contribution in [-0.2, 0) is 27.2 Å². The molecule has 1 aliphatic heterocycles. The zero-order valence-corrected chi connectivity index (χ0v) is 31.4. The fraction of sp³-hybridized carbons (Fsp3) is 0.405. The van der Waals surface area contributed by atoms with Crippen LogP contribution in [0.3, 0.4) is 0 Å². The second-order valence-corrected chi connectivity index (χ2v) is 12.2. The highest BCUT2D eigenvalue weighted by atomic mass is 16.6. The van der Waals surface area contributed by atoms with Gasteiger partial charge in [-0.3, -0.25) is 4.79 Å². The van der Waals surface area contributed by atoms with Crippen molar-refractivity contribution < 1.29 is 19.1 Å². The van der Waals surface area contributed by atoms with Crippen molar-refractivity contribution in [3.05, 3.63) is 138 Å². The molecule has 1 fully saturated rings. The van der Waals surface area contributed by atoms with E-state index in [4.69, 9.17) is 9.47 Å². The van der Waals surface area contributed by atoms with Gasteiger partial charge in [-0.15, -0.1) is 13.2 Å². The number of amides is 2. The summed E-state index contributed by atoms with van der Waals surface area (Å²) in [5.41, 5.74) is 7.30. The van der Waals surface area contributed by atoms with Crippen molar-refractivity contribution in [2.75, 3.05) is 20.3 Å². The molecule has 0 bridgehead atoms. The van der Waals surface area contributed by atoms with E-state index in [1.807, 2.05) is 76.3 Å². The van der Waals surface area contributed by atoms with Crippen molar-refractivity contribution in [2.24, 2.45) is 0 Å². The Morgan fingerprint density at radius 3 is 2.20 bits per heavy atom. The van der Waals surface area contributed by atoms with Crippen molar-refractivity contribution >= 4 is 12.0 Å². The number of hydrogen-bond acceptors (Lipinski definition) is 5. The summed E-state index contributed by atoms with van der Waals surface area (Å²) in [7, 11) is 1.67. The van der Waals surface area contributed by atoms with Crippen LogP contribution in [0.4, 0.5) is 4.79 Å². The molecule has 1 aliphatic rings. The number of imidazole rings is 1. The maximum Gasteiger partial charge on any atom is 0.407 e. The number of nitrogens with zero attached hydrogens (tertiary/aromatic N) is 3. The van der Waals surface area contributed by atoms with E-state index >= 15 is 0 Å². The number of methoxy groups -OCH3 is 1. The monoisotopic (exact) mass is 682 g/mol. The molecule has 2 unspecified atom stereocenters. The summed E-state index contributed by atoms with van der Waals surface area (Å²) in [6.07, 6.45) is 14.0. The molecule has 2 amide bonds. The molecule has 0 radical (unpaired) electrons. The van der Waals surface area contributed by atoms with E-state index in [2.05, 4.69) is 90.4 Å². The van der Waals surface area contributed by atoms with E-state index < -0.39 is 6.09 Å². The van der Waals surface area contributed by atoms with E-state index in [0.29, 0.717) is 13.2 Å². The maximum absolute atomic E-state index is 13.7. The quantitative estimate of drug-likeness (QED) is 0.110. The normalized spacial score (nSPS) is 15.2. The highest BCUT2D eigenvalue weighted by molar-refractivity contribution is 5.95. The Morgan fingerprint density at radius 2 is 1.62 bits per heavy atom. The number of rotatable bonds is 13. The van der Waals surface area contributed by atoms with Gasteiger partial charge in [0.2, 0.25) is 5.91 Å². The lowest BCUT2D eigenvalue weighted by Gasteiger charge is -2.34. The van der Waals surface area contributed by atoms with E-state index in [-0.39, 0.29) is 24.1 Å². The Labute approximate surface area is 300 Å². The first-order chi connectivity index (χ1) is 24.1. The van der Waals surface area contributed by atoms with Crippen LogP contribution >= 0.6 is 0 Å². The van der Waals surface area contributed by atoms with Gasteiger partial charge in [0.15, 0.2) is 0 Å². The summed E-state index contributed by atoms with van der Waals surface area (Å²) in [4.78, 5) is 31.8. The summed E-state index contributed by atoms with van der Waals surface area (Å²) in [5, 5.41) is 2.78. The number of alkyl carbamates (subject to hydrolysis) is 1. The van der Waals surface area contributed by atoms with Crippen LogP contribution < -0.4 is 5.32 Å². The Morgan fingerprint density at radius 1 is 1.00 bits per heavy atom. The molecule has 2 atom stereocenters. The highest BCUT2D eigenvalue weighted by Gasteiger charge is 2.28. The smallest absolute Gasteiger partial charge is 0.407 e. The van der Waals surface area contributed by atoms with E-state index in [9.17, 15) is 9.59 Å². The average Bonchev–Trinajstić information content (AvgIpc) is 3.57. The summed E-state index contributed by atoms with van der Waals surface area (Å²) in [5.74, 6) is 0.0878. The predicted octanol–water partition coefficient (Wildman–Crippen LogP) is 9.25. The van der Waals surface area contributed by atoms with Gasteiger partial charge >= 0.3 is 6.09 Å². The number of aryl methyl sites for hydroxylation is 1. The van der Waals surface area contributed by atoms with Gasteiger partial charge in [-0.1, -0.05) is 80.6 Å². The molecule has 2 aromatic carbocycles. The van der Waals surface area contributed by atoms with Gasteiger partial charge < -0.3 is 24.3 Å². The second kappa shape index (κ2) is 22.1. The molecule has 1 saturated heterocycles. The molecule has 8 heteroatoms. The van der Waals surface area contributed by atoms with Crippen LogP contribution in [0.2, 0.25) is 0 Å². The molecule has 4 rings (SSSR count). The van der Waals surface area contributed by atoms with E-state index in [0.717, 1.165) is 53.8 Å². The van der Waals surface area contributed by atoms with Crippen molar-refractivity contribution in [3.8, 4) is 0 Å². The van der Waals surface area contributed by atoms with E-state index in [1.54, 1.807) is 7.11 Å². The minimum absolute atomic E-state index is 0.0362. The minimum Gasteiger partial charge on any atom is -0.447 e. The second-order valence-electron chi connectivity index (χ2n) is 12.2. The number of carbonyl (C=O) groups excluding carboxylic acids is 2. The zero-order chi connectivity index (χ0) is 37.1. The van der Waals surface area contributed by atoms with Gasteiger partial charge in [-0.25, -0.2) is 9.78 Å². The van der Waals surface area contributed by atoms with Crippen LogP contribution in [0.15, 0.2) is 110 Å². The first kappa shape index (κ1) is 41.5. The summed E-state index contributed by atoms with van der Waals surface area (Å²) in [6, 6.07) is 16.9. The number of likely N-dealkylation sites (tertiary alicyclic amines) is 1. The average molecular weight is 683 g/mol. The molecule has 50 heavy (non-hydrogen) atoms. The lowest BCUT2D eigenvalue weighted by Crippen LogP contribution is -2.38. The van der Waals surface area contributed by atoms with Crippen LogP contribution in [0.5, 0.6) is 0 Å². The Balaban J connectivity index is 0.00000209. The Bertz CT molecular complexity index is 1550. The number of nitrogens with one attached hydrogen (secondary N) is 1. The molecule has 1 aromatic heterocycles. The van der Waals surface area contributed by atoms with E-state index in [1.165, 1.54) is 11.1 Å². The largest absolute Gasteiger partial charge is 0.447 e. The summed E-state index contributed by atoms with van der Waals surface area (Å²) in [6.45, 7) is 21.5.